The van der Waals surface area contributed by atoms with Crippen molar-refractivity contribution in [2.75, 3.05) is 16.8 Å². The Balaban J connectivity index is 1.42. The number of rotatable bonds is 4. The fourth-order valence-corrected chi connectivity index (χ4v) is 4.91. The molecule has 0 radical (unpaired) electrons. The zero-order chi connectivity index (χ0) is 18.8. The number of nitrogens with one attached hydrogen (secondary N) is 1. The number of hydrogen-bond donors (Lipinski definition) is 1. The van der Waals surface area contributed by atoms with Gasteiger partial charge in [0, 0.05) is 36.5 Å². The maximum Gasteiger partial charge on any atom is 0.226 e. The summed E-state index contributed by atoms with van der Waals surface area (Å²) in [7, 11) is 0. The van der Waals surface area contributed by atoms with Gasteiger partial charge in [-0.15, -0.1) is 11.3 Å². The van der Waals surface area contributed by atoms with Gasteiger partial charge in [-0.05, 0) is 42.9 Å². The highest BCUT2D eigenvalue weighted by Gasteiger charge is 2.23. The second kappa shape index (κ2) is 7.80. The van der Waals surface area contributed by atoms with Crippen LogP contribution in [0.25, 0.3) is 11.3 Å². The van der Waals surface area contributed by atoms with E-state index in [9.17, 15) is 9.59 Å². The fraction of sp³-hybridized carbons (Fsp3) is 0.476. The predicted molar refractivity (Wildman–Crippen MR) is 109 cm³/mol. The molecule has 0 spiro atoms. The van der Waals surface area contributed by atoms with Crippen LogP contribution in [0.15, 0.2) is 23.6 Å². The van der Waals surface area contributed by atoms with Gasteiger partial charge in [0.05, 0.1) is 5.69 Å². The van der Waals surface area contributed by atoms with E-state index < -0.39 is 0 Å². The molecule has 1 aliphatic carbocycles. The number of thiazole rings is 1. The van der Waals surface area contributed by atoms with E-state index in [-0.39, 0.29) is 11.8 Å². The molecule has 4 rings (SSSR count). The monoisotopic (exact) mass is 383 g/mol. The van der Waals surface area contributed by atoms with Gasteiger partial charge in [-0.25, -0.2) is 4.98 Å². The summed E-state index contributed by atoms with van der Waals surface area (Å²) in [5, 5.41) is 5.61. The zero-order valence-electron chi connectivity index (χ0n) is 15.7. The van der Waals surface area contributed by atoms with Crippen molar-refractivity contribution in [3.63, 3.8) is 0 Å². The Hall–Kier alpha value is -2.21. The number of anilines is 2. The first-order valence-electron chi connectivity index (χ1n) is 9.77. The number of nitrogens with zero attached hydrogens (tertiary/aromatic N) is 2. The van der Waals surface area contributed by atoms with Crippen LogP contribution in [-0.2, 0) is 16.0 Å². The average Bonchev–Trinajstić information content (AvgIpc) is 3.28. The van der Waals surface area contributed by atoms with Crippen molar-refractivity contribution in [3.8, 4) is 11.3 Å². The predicted octanol–water partition coefficient (Wildman–Crippen LogP) is 4.63. The summed E-state index contributed by atoms with van der Waals surface area (Å²) in [6.07, 6.45) is 7.62. The van der Waals surface area contributed by atoms with Crippen molar-refractivity contribution in [1.82, 2.24) is 4.98 Å². The Morgan fingerprint density at radius 3 is 2.85 bits per heavy atom. The van der Waals surface area contributed by atoms with Gasteiger partial charge in [0.25, 0.3) is 0 Å². The Labute approximate surface area is 163 Å². The van der Waals surface area contributed by atoms with E-state index in [0.29, 0.717) is 17.5 Å². The Bertz CT molecular complexity index is 855. The number of fused-ring (bicyclic) bond motifs is 1. The van der Waals surface area contributed by atoms with Crippen molar-refractivity contribution in [3.05, 3.63) is 29.1 Å². The van der Waals surface area contributed by atoms with E-state index >= 15 is 0 Å². The summed E-state index contributed by atoms with van der Waals surface area (Å²) >= 11 is 1.47. The van der Waals surface area contributed by atoms with E-state index in [2.05, 4.69) is 16.4 Å². The molecule has 1 N–H and O–H groups in total. The van der Waals surface area contributed by atoms with E-state index in [4.69, 9.17) is 0 Å². The lowest BCUT2D eigenvalue weighted by molar-refractivity contribution is -0.117. The largest absolute Gasteiger partial charge is 0.312 e. The second-order valence-electron chi connectivity index (χ2n) is 7.56. The molecule has 0 unspecified atom stereocenters. The molecule has 1 fully saturated rings. The SMILES string of the molecule is CC(=O)N1CCc2cc(-c3csc(NC(=O)CC4CCCCC4)n3)ccc21. The lowest BCUT2D eigenvalue weighted by atomic mass is 9.87. The van der Waals surface area contributed by atoms with Crippen LogP contribution in [0.3, 0.4) is 0 Å². The first kappa shape index (κ1) is 18.2. The summed E-state index contributed by atoms with van der Waals surface area (Å²) in [6.45, 7) is 2.35. The first-order valence-corrected chi connectivity index (χ1v) is 10.6. The molecule has 2 aromatic rings. The van der Waals surface area contributed by atoms with Crippen LogP contribution in [0.2, 0.25) is 0 Å². The average molecular weight is 384 g/mol. The number of amides is 2. The third-order valence-corrected chi connectivity index (χ3v) is 6.36. The Morgan fingerprint density at radius 2 is 2.07 bits per heavy atom. The van der Waals surface area contributed by atoms with E-state index in [1.807, 2.05) is 22.4 Å². The first-order chi connectivity index (χ1) is 13.1. The molecule has 2 aliphatic rings. The van der Waals surface area contributed by atoms with Gasteiger partial charge < -0.3 is 10.2 Å². The molecule has 1 saturated carbocycles. The molecule has 0 bridgehead atoms. The molecule has 0 atom stereocenters. The van der Waals surface area contributed by atoms with Crippen LogP contribution < -0.4 is 10.2 Å². The summed E-state index contributed by atoms with van der Waals surface area (Å²) < 4.78 is 0. The Morgan fingerprint density at radius 1 is 1.26 bits per heavy atom. The minimum absolute atomic E-state index is 0.0776. The standard InChI is InChI=1S/C21H25N3O2S/c1-14(25)24-10-9-17-12-16(7-8-19(17)24)18-13-27-21(22-18)23-20(26)11-15-5-3-2-4-6-15/h7-8,12-13,15H,2-6,9-11H2,1H3,(H,22,23,26). The molecule has 1 aromatic carbocycles. The van der Waals surface area contributed by atoms with Crippen molar-refractivity contribution in [1.29, 1.82) is 0 Å². The van der Waals surface area contributed by atoms with Gasteiger partial charge in [0.2, 0.25) is 11.8 Å². The topological polar surface area (TPSA) is 62.3 Å². The number of carbonyl (C=O) groups is 2. The maximum atomic E-state index is 12.3. The van der Waals surface area contributed by atoms with Crippen molar-refractivity contribution >= 4 is 34.0 Å². The van der Waals surface area contributed by atoms with Gasteiger partial charge in [-0.3, -0.25) is 9.59 Å². The number of benzene rings is 1. The summed E-state index contributed by atoms with van der Waals surface area (Å²) in [4.78, 5) is 30.4. The van der Waals surface area contributed by atoms with Gasteiger partial charge in [-0.1, -0.05) is 25.3 Å². The maximum absolute atomic E-state index is 12.3. The van der Waals surface area contributed by atoms with Gasteiger partial charge >= 0.3 is 0 Å². The molecule has 1 aliphatic heterocycles. The van der Waals surface area contributed by atoms with Gasteiger partial charge in [-0.2, -0.15) is 0 Å². The highest BCUT2D eigenvalue weighted by Crippen LogP contribution is 2.33. The molecule has 6 heteroatoms. The molecular formula is C21H25N3O2S. The molecule has 2 amide bonds. The van der Waals surface area contributed by atoms with Crippen LogP contribution in [0.5, 0.6) is 0 Å². The second-order valence-corrected chi connectivity index (χ2v) is 8.42. The zero-order valence-corrected chi connectivity index (χ0v) is 16.5. The van der Waals surface area contributed by atoms with Gasteiger partial charge in [0.1, 0.15) is 0 Å². The molecular weight excluding hydrogens is 358 g/mol. The van der Waals surface area contributed by atoms with Crippen LogP contribution in [-0.4, -0.2) is 23.3 Å². The minimum atomic E-state index is 0.0776. The molecule has 5 nitrogen and oxygen atoms in total. The van der Waals surface area contributed by atoms with E-state index in [1.165, 1.54) is 49.0 Å². The van der Waals surface area contributed by atoms with E-state index in [0.717, 1.165) is 29.9 Å². The Kier molecular flexibility index (Phi) is 5.25. The summed E-state index contributed by atoms with van der Waals surface area (Å²) in [5.41, 5.74) is 4.08. The lowest BCUT2D eigenvalue weighted by Gasteiger charge is -2.20. The summed E-state index contributed by atoms with van der Waals surface area (Å²) in [6, 6.07) is 6.11. The van der Waals surface area contributed by atoms with Crippen LogP contribution in [0.1, 0.15) is 51.0 Å². The van der Waals surface area contributed by atoms with Crippen molar-refractivity contribution < 1.29 is 9.59 Å². The highest BCUT2D eigenvalue weighted by atomic mass is 32.1. The normalized spacial score (nSPS) is 17.0. The molecule has 142 valence electrons. The number of hydrogen-bond acceptors (Lipinski definition) is 4. The molecule has 0 saturated heterocycles. The number of carbonyl (C=O) groups excluding carboxylic acids is 2. The van der Waals surface area contributed by atoms with Crippen LogP contribution in [0, 0.1) is 5.92 Å². The van der Waals surface area contributed by atoms with Crippen LogP contribution in [0.4, 0.5) is 10.8 Å². The molecule has 2 heterocycles. The molecule has 27 heavy (non-hydrogen) atoms. The lowest BCUT2D eigenvalue weighted by Crippen LogP contribution is -2.25. The highest BCUT2D eigenvalue weighted by molar-refractivity contribution is 7.14. The smallest absolute Gasteiger partial charge is 0.226 e. The van der Waals surface area contributed by atoms with Crippen LogP contribution >= 0.6 is 11.3 Å². The summed E-state index contributed by atoms with van der Waals surface area (Å²) in [5.74, 6) is 0.686. The molecule has 1 aromatic heterocycles. The number of aromatic nitrogens is 1. The van der Waals surface area contributed by atoms with Crippen molar-refractivity contribution in [2.45, 2.75) is 51.9 Å². The minimum Gasteiger partial charge on any atom is -0.312 e. The fourth-order valence-electron chi connectivity index (χ4n) is 4.18. The van der Waals surface area contributed by atoms with Crippen molar-refractivity contribution in [2.24, 2.45) is 5.92 Å². The quantitative estimate of drug-likeness (QED) is 0.837. The van der Waals surface area contributed by atoms with E-state index in [1.54, 1.807) is 6.92 Å². The third kappa shape index (κ3) is 4.05. The van der Waals surface area contributed by atoms with Gasteiger partial charge in [0.15, 0.2) is 5.13 Å². The third-order valence-electron chi connectivity index (χ3n) is 5.60.